The van der Waals surface area contributed by atoms with Crippen molar-refractivity contribution in [3.8, 4) is 0 Å². The molecular formula is C33H34N6O6S. The Morgan fingerprint density at radius 2 is 1.78 bits per heavy atom. The Morgan fingerprint density at radius 3 is 2.50 bits per heavy atom. The third-order valence-electron chi connectivity index (χ3n) is 7.29. The third-order valence-corrected chi connectivity index (χ3v) is 9.09. The van der Waals surface area contributed by atoms with Crippen LogP contribution in [0.15, 0.2) is 83.9 Å². The van der Waals surface area contributed by atoms with E-state index < -0.39 is 28.6 Å². The molecule has 0 aliphatic rings. The number of amidine groups is 1. The molecule has 2 N–H and O–H groups in total. The van der Waals surface area contributed by atoms with E-state index in [0.29, 0.717) is 34.2 Å². The van der Waals surface area contributed by atoms with Gasteiger partial charge in [0.2, 0.25) is 0 Å². The molecular weight excluding hydrogens is 608 g/mol. The van der Waals surface area contributed by atoms with Crippen molar-refractivity contribution in [1.29, 1.82) is 5.41 Å². The Labute approximate surface area is 266 Å². The number of nitrogens with one attached hydrogen (secondary N) is 2. The van der Waals surface area contributed by atoms with Crippen molar-refractivity contribution in [3.05, 3.63) is 95.9 Å². The number of nitrogens with zero attached hydrogens (tertiary/aromatic N) is 4. The van der Waals surface area contributed by atoms with Crippen molar-refractivity contribution in [3.63, 3.8) is 0 Å². The summed E-state index contributed by atoms with van der Waals surface area (Å²) in [5.41, 5.74) is 3.29. The maximum atomic E-state index is 14.0. The highest BCUT2D eigenvalue weighted by molar-refractivity contribution is 7.93. The second-order valence-corrected chi connectivity index (χ2v) is 12.9. The predicted molar refractivity (Wildman–Crippen MR) is 174 cm³/mol. The van der Waals surface area contributed by atoms with Crippen LogP contribution in [0.25, 0.3) is 21.9 Å². The Hall–Kier alpha value is -5.30. The molecule has 0 fully saturated rings. The fraction of sp³-hybridized carbons (Fsp3) is 0.242. The standard InChI is InChI=1S/C33H34N6O6S/c1-21(2)20-45-33(41)37-32(34)24-12-10-22(11-13-24)17-29-36-26-18-25(14-15-27(26)38(29)3)39(19-30(40)44-4)46(42,43)28-9-5-7-23-8-6-16-35-31(23)28/h5-16,18,21H,17,19-20H2,1-4H3,(H2,34,37,41). The first-order chi connectivity index (χ1) is 22.0. The summed E-state index contributed by atoms with van der Waals surface area (Å²) in [5, 5.41) is 11.3. The van der Waals surface area contributed by atoms with Crippen molar-refractivity contribution in [2.24, 2.45) is 13.0 Å². The number of carbonyl (C=O) groups excluding carboxylic acids is 2. The van der Waals surface area contributed by atoms with Crippen molar-refractivity contribution < 1.29 is 27.5 Å². The number of para-hydroxylation sites is 1. The quantitative estimate of drug-likeness (QED) is 0.125. The number of imidazole rings is 1. The molecule has 12 nitrogen and oxygen atoms in total. The largest absolute Gasteiger partial charge is 0.468 e. The normalized spacial score (nSPS) is 11.5. The summed E-state index contributed by atoms with van der Waals surface area (Å²) in [5.74, 6) is 0.109. The van der Waals surface area contributed by atoms with E-state index in [4.69, 9.17) is 19.9 Å². The summed E-state index contributed by atoms with van der Waals surface area (Å²) in [6.07, 6.45) is 1.30. The zero-order chi connectivity index (χ0) is 33.0. The van der Waals surface area contributed by atoms with Crippen molar-refractivity contribution >= 4 is 55.5 Å². The van der Waals surface area contributed by atoms with Gasteiger partial charge in [0.05, 0.1) is 36.0 Å². The van der Waals surface area contributed by atoms with E-state index in [2.05, 4.69) is 10.3 Å². The Kier molecular flexibility index (Phi) is 9.33. The van der Waals surface area contributed by atoms with E-state index in [0.717, 1.165) is 15.4 Å². The third kappa shape index (κ3) is 6.84. The molecule has 238 valence electrons. The zero-order valence-corrected chi connectivity index (χ0v) is 26.7. The minimum absolute atomic E-state index is 0.0320. The highest BCUT2D eigenvalue weighted by Gasteiger charge is 2.30. The molecule has 0 spiro atoms. The summed E-state index contributed by atoms with van der Waals surface area (Å²) < 4.78 is 40.9. The van der Waals surface area contributed by atoms with Crippen LogP contribution in [0, 0.1) is 11.3 Å². The lowest BCUT2D eigenvalue weighted by Crippen LogP contribution is -2.36. The van der Waals surface area contributed by atoms with E-state index in [9.17, 15) is 18.0 Å². The number of anilines is 1. The van der Waals surface area contributed by atoms with Crippen LogP contribution in [0.2, 0.25) is 0 Å². The summed E-state index contributed by atoms with van der Waals surface area (Å²) in [6, 6.07) is 20.6. The Morgan fingerprint density at radius 1 is 1.04 bits per heavy atom. The molecule has 46 heavy (non-hydrogen) atoms. The number of benzene rings is 3. The number of carbonyl (C=O) groups is 2. The van der Waals surface area contributed by atoms with Gasteiger partial charge in [-0.2, -0.15) is 0 Å². The first-order valence-electron chi connectivity index (χ1n) is 14.5. The fourth-order valence-corrected chi connectivity index (χ4v) is 6.45. The van der Waals surface area contributed by atoms with Gasteiger partial charge in [-0.1, -0.05) is 56.3 Å². The van der Waals surface area contributed by atoms with E-state index in [1.807, 2.05) is 37.6 Å². The number of ether oxygens (including phenoxy) is 2. The molecule has 0 bridgehead atoms. The molecule has 13 heteroatoms. The number of rotatable bonds is 10. The molecule has 0 aliphatic carbocycles. The van der Waals surface area contributed by atoms with Crippen LogP contribution in [0.1, 0.15) is 30.8 Å². The van der Waals surface area contributed by atoms with Crippen molar-refractivity contribution in [1.82, 2.24) is 19.9 Å². The number of pyridine rings is 1. The molecule has 5 rings (SSSR count). The SMILES string of the molecule is COC(=O)CN(c1ccc2c(c1)nc(Cc1ccc(C(=N)NC(=O)OCC(C)C)cc1)n2C)S(=O)(=O)c1cccc2cccnc12. The van der Waals surface area contributed by atoms with Gasteiger partial charge < -0.3 is 14.0 Å². The van der Waals surface area contributed by atoms with Crippen LogP contribution in [0.5, 0.6) is 0 Å². The van der Waals surface area contributed by atoms with E-state index in [1.165, 1.54) is 19.4 Å². The minimum atomic E-state index is -4.25. The molecule has 2 aromatic heterocycles. The topological polar surface area (TPSA) is 157 Å². The number of amides is 1. The fourth-order valence-electron chi connectivity index (χ4n) is 4.88. The average molecular weight is 643 g/mol. The zero-order valence-electron chi connectivity index (χ0n) is 25.9. The van der Waals surface area contributed by atoms with Crippen molar-refractivity contribution in [2.75, 3.05) is 24.6 Å². The molecule has 0 saturated heterocycles. The Balaban J connectivity index is 1.41. The van der Waals surface area contributed by atoms with Gasteiger partial charge in [0.15, 0.2) is 0 Å². The minimum Gasteiger partial charge on any atom is -0.468 e. The van der Waals surface area contributed by atoms with Crippen LogP contribution in [0.3, 0.4) is 0 Å². The molecule has 0 saturated carbocycles. The van der Waals surface area contributed by atoms with Gasteiger partial charge in [-0.3, -0.25) is 24.8 Å². The van der Waals surface area contributed by atoms with Crippen LogP contribution < -0.4 is 9.62 Å². The number of aromatic nitrogens is 3. The van der Waals surface area contributed by atoms with Gasteiger partial charge in [-0.25, -0.2) is 18.2 Å². The second-order valence-electron chi connectivity index (χ2n) is 11.0. The number of aryl methyl sites for hydroxylation is 1. The van der Waals surface area contributed by atoms with E-state index in [-0.39, 0.29) is 28.9 Å². The van der Waals surface area contributed by atoms with E-state index in [1.54, 1.807) is 54.6 Å². The second kappa shape index (κ2) is 13.4. The lowest BCUT2D eigenvalue weighted by atomic mass is 10.1. The molecule has 0 atom stereocenters. The lowest BCUT2D eigenvalue weighted by molar-refractivity contribution is -0.138. The maximum Gasteiger partial charge on any atom is 0.412 e. The lowest BCUT2D eigenvalue weighted by Gasteiger charge is -2.24. The molecule has 0 aliphatic heterocycles. The smallest absolute Gasteiger partial charge is 0.412 e. The first kappa shape index (κ1) is 32.1. The predicted octanol–water partition coefficient (Wildman–Crippen LogP) is 4.79. The molecule has 5 aromatic rings. The summed E-state index contributed by atoms with van der Waals surface area (Å²) >= 11 is 0. The van der Waals surface area contributed by atoms with Gasteiger partial charge in [0.1, 0.15) is 23.1 Å². The number of hydrogen-bond donors (Lipinski definition) is 2. The summed E-state index contributed by atoms with van der Waals surface area (Å²) in [4.78, 5) is 33.4. The Bertz CT molecular complexity index is 2030. The van der Waals surface area contributed by atoms with Crippen LogP contribution in [-0.4, -0.2) is 61.1 Å². The van der Waals surface area contributed by atoms with Crippen LogP contribution in [-0.2, 0) is 37.8 Å². The summed E-state index contributed by atoms with van der Waals surface area (Å²) in [6.45, 7) is 3.57. The number of sulfonamides is 1. The monoisotopic (exact) mass is 642 g/mol. The number of fused-ring (bicyclic) bond motifs is 2. The molecule has 0 unspecified atom stereocenters. The van der Waals surface area contributed by atoms with Gasteiger partial charge in [0.25, 0.3) is 10.0 Å². The molecule has 2 heterocycles. The van der Waals surface area contributed by atoms with Crippen LogP contribution in [0.4, 0.5) is 10.5 Å². The van der Waals surface area contributed by atoms with Gasteiger partial charge in [0, 0.05) is 30.6 Å². The highest BCUT2D eigenvalue weighted by atomic mass is 32.2. The van der Waals surface area contributed by atoms with E-state index >= 15 is 0 Å². The van der Waals surface area contributed by atoms with Gasteiger partial charge in [-0.05, 0) is 41.8 Å². The van der Waals surface area contributed by atoms with Crippen molar-refractivity contribution in [2.45, 2.75) is 25.2 Å². The maximum absolute atomic E-state index is 14.0. The highest BCUT2D eigenvalue weighted by Crippen LogP contribution is 2.30. The molecule has 3 aromatic carbocycles. The first-order valence-corrected chi connectivity index (χ1v) is 15.9. The number of hydrogen-bond acceptors (Lipinski definition) is 9. The molecule has 0 radical (unpaired) electrons. The van der Waals surface area contributed by atoms with Gasteiger partial charge in [-0.15, -0.1) is 0 Å². The van der Waals surface area contributed by atoms with Crippen LogP contribution >= 0.6 is 0 Å². The van der Waals surface area contributed by atoms with Gasteiger partial charge >= 0.3 is 12.1 Å². The summed E-state index contributed by atoms with van der Waals surface area (Å²) in [7, 11) is -1.18. The number of alkyl carbamates (subject to hydrolysis) is 1. The number of esters is 1. The average Bonchev–Trinajstić information content (AvgIpc) is 3.35. The number of methoxy groups -OCH3 is 1. The molecule has 1 amide bonds.